The van der Waals surface area contributed by atoms with E-state index < -0.39 is 5.91 Å². The van der Waals surface area contributed by atoms with Crippen molar-refractivity contribution >= 4 is 35.4 Å². The first-order chi connectivity index (χ1) is 11.1. The third-order valence-corrected chi connectivity index (χ3v) is 5.35. The zero-order valence-electron chi connectivity index (χ0n) is 13.7. The van der Waals surface area contributed by atoms with E-state index in [0.29, 0.717) is 40.8 Å². The highest BCUT2D eigenvalue weighted by atomic mass is 35.5. The number of hydrogen-bond acceptors (Lipinski definition) is 5. The molecule has 4 rings (SSSR count). The number of nitrogens with zero attached hydrogens (tertiary/aromatic N) is 2. The predicted molar refractivity (Wildman–Crippen MR) is 95.6 cm³/mol. The summed E-state index contributed by atoms with van der Waals surface area (Å²) in [5, 5.41) is 3.43. The Kier molecular flexibility index (Phi) is 4.69. The molecule has 1 aromatic carbocycles. The number of carbonyl (C=O) groups excluding carboxylic acids is 1. The summed E-state index contributed by atoms with van der Waals surface area (Å²) in [6, 6.07) is 7.39. The summed E-state index contributed by atoms with van der Waals surface area (Å²) in [5.74, 6) is -0.482. The molecule has 0 spiro atoms. The van der Waals surface area contributed by atoms with E-state index in [1.165, 1.54) is 19.3 Å². The fourth-order valence-corrected chi connectivity index (χ4v) is 4.12. The van der Waals surface area contributed by atoms with E-state index in [-0.39, 0.29) is 12.4 Å². The van der Waals surface area contributed by atoms with Crippen LogP contribution < -0.4 is 11.1 Å². The van der Waals surface area contributed by atoms with Gasteiger partial charge >= 0.3 is 0 Å². The van der Waals surface area contributed by atoms with Gasteiger partial charge in [-0.2, -0.15) is 4.98 Å². The first-order valence-electron chi connectivity index (χ1n) is 8.29. The van der Waals surface area contributed by atoms with Gasteiger partial charge in [0.05, 0.1) is 5.56 Å². The Balaban J connectivity index is 0.00000169. The molecule has 1 amide bonds. The molecule has 2 unspecified atom stereocenters. The summed E-state index contributed by atoms with van der Waals surface area (Å²) in [5.41, 5.74) is 6.94. The Morgan fingerprint density at radius 1 is 1.33 bits per heavy atom. The zero-order valence-corrected chi connectivity index (χ0v) is 14.5. The normalized spacial score (nSPS) is 26.8. The fourth-order valence-electron chi connectivity index (χ4n) is 4.12. The lowest BCUT2D eigenvalue weighted by Crippen LogP contribution is -2.52. The van der Waals surface area contributed by atoms with Crippen LogP contribution in [-0.4, -0.2) is 41.0 Å². The topological polar surface area (TPSA) is 84.4 Å². The number of amides is 1. The minimum atomic E-state index is -0.482. The number of anilines is 1. The monoisotopic (exact) mass is 350 g/mol. The van der Waals surface area contributed by atoms with Gasteiger partial charge in [0.25, 0.3) is 11.9 Å². The Morgan fingerprint density at radius 3 is 2.71 bits per heavy atom. The van der Waals surface area contributed by atoms with E-state index in [2.05, 4.69) is 22.2 Å². The van der Waals surface area contributed by atoms with Crippen LogP contribution in [0, 0.1) is 0 Å². The highest BCUT2D eigenvalue weighted by Crippen LogP contribution is 2.34. The Labute approximate surface area is 147 Å². The van der Waals surface area contributed by atoms with Crippen molar-refractivity contribution in [1.82, 2.24) is 9.88 Å². The molecule has 24 heavy (non-hydrogen) atoms. The number of nitrogens with two attached hydrogens (primary N) is 1. The zero-order chi connectivity index (χ0) is 16.0. The number of rotatable bonds is 3. The Bertz CT molecular complexity index is 733. The molecule has 2 atom stereocenters. The molecule has 7 heteroatoms. The SMILES string of the molecule is CN1C2CCCC1CC(Nc1nc3c(C(N)=O)cccc3o1)C2.Cl. The molecule has 1 aromatic heterocycles. The van der Waals surface area contributed by atoms with E-state index in [1.807, 2.05) is 6.07 Å². The molecule has 3 heterocycles. The minimum Gasteiger partial charge on any atom is -0.424 e. The molecule has 2 aromatic rings. The largest absolute Gasteiger partial charge is 0.424 e. The van der Waals surface area contributed by atoms with E-state index in [4.69, 9.17) is 10.2 Å². The quantitative estimate of drug-likeness (QED) is 0.889. The molecule has 130 valence electrons. The highest BCUT2D eigenvalue weighted by Gasteiger charge is 2.36. The van der Waals surface area contributed by atoms with Crippen molar-refractivity contribution in [3.05, 3.63) is 23.8 Å². The maximum Gasteiger partial charge on any atom is 0.295 e. The number of hydrogen-bond donors (Lipinski definition) is 2. The number of primary amides is 1. The van der Waals surface area contributed by atoms with Gasteiger partial charge < -0.3 is 20.4 Å². The first-order valence-corrected chi connectivity index (χ1v) is 8.29. The van der Waals surface area contributed by atoms with Gasteiger partial charge in [0.2, 0.25) is 0 Å². The van der Waals surface area contributed by atoms with Gasteiger partial charge in [0.1, 0.15) is 5.52 Å². The van der Waals surface area contributed by atoms with Gasteiger partial charge in [-0.25, -0.2) is 0 Å². The van der Waals surface area contributed by atoms with E-state index in [9.17, 15) is 4.79 Å². The van der Waals surface area contributed by atoms with Crippen LogP contribution in [0.3, 0.4) is 0 Å². The van der Waals surface area contributed by atoms with Gasteiger partial charge in [0.15, 0.2) is 5.58 Å². The third kappa shape index (κ3) is 2.96. The molecular weight excluding hydrogens is 328 g/mol. The number of fused-ring (bicyclic) bond motifs is 3. The number of piperidine rings is 2. The van der Waals surface area contributed by atoms with Crippen LogP contribution in [0.2, 0.25) is 0 Å². The van der Waals surface area contributed by atoms with Crippen LogP contribution in [0.15, 0.2) is 22.6 Å². The van der Waals surface area contributed by atoms with Crippen LogP contribution in [0.5, 0.6) is 0 Å². The van der Waals surface area contributed by atoms with Crippen molar-refractivity contribution in [2.75, 3.05) is 12.4 Å². The maximum atomic E-state index is 11.5. The van der Waals surface area contributed by atoms with Crippen molar-refractivity contribution in [2.45, 2.75) is 50.2 Å². The molecule has 2 aliphatic rings. The number of nitrogens with one attached hydrogen (secondary N) is 1. The van der Waals surface area contributed by atoms with Gasteiger partial charge in [-0.1, -0.05) is 12.5 Å². The molecule has 6 nitrogen and oxygen atoms in total. The summed E-state index contributed by atoms with van der Waals surface area (Å²) in [7, 11) is 2.24. The lowest BCUT2D eigenvalue weighted by atomic mass is 9.82. The number of aromatic nitrogens is 1. The lowest BCUT2D eigenvalue weighted by molar-refractivity contribution is 0.0604. The lowest BCUT2D eigenvalue weighted by Gasteiger charge is -2.47. The standard InChI is InChI=1S/C17H22N4O2.ClH/c1-21-11-4-2-5-12(21)9-10(8-11)19-17-20-15-13(16(18)22)6-3-7-14(15)23-17;/h3,6-7,10-12H,2,4-5,8-9H2,1H3,(H2,18,22)(H,19,20);1H. The summed E-state index contributed by atoms with van der Waals surface area (Å²) in [4.78, 5) is 18.5. The number of benzene rings is 1. The van der Waals surface area contributed by atoms with Crippen LogP contribution in [0.25, 0.3) is 11.1 Å². The molecule has 2 aliphatic heterocycles. The van der Waals surface area contributed by atoms with E-state index in [1.54, 1.807) is 12.1 Å². The molecule has 0 radical (unpaired) electrons. The van der Waals surface area contributed by atoms with Crippen molar-refractivity contribution in [2.24, 2.45) is 5.73 Å². The molecule has 0 saturated carbocycles. The van der Waals surface area contributed by atoms with Gasteiger partial charge in [-0.15, -0.1) is 12.4 Å². The number of carbonyl (C=O) groups is 1. The summed E-state index contributed by atoms with van der Waals surface area (Å²) < 4.78 is 5.77. The second-order valence-electron chi connectivity index (χ2n) is 6.75. The second kappa shape index (κ2) is 6.61. The van der Waals surface area contributed by atoms with Gasteiger partial charge in [-0.05, 0) is 44.9 Å². The molecular formula is C17H23ClN4O2. The highest BCUT2D eigenvalue weighted by molar-refractivity contribution is 6.03. The van der Waals surface area contributed by atoms with Crippen LogP contribution in [0.1, 0.15) is 42.5 Å². The molecule has 0 aliphatic carbocycles. The molecule has 2 bridgehead atoms. The number of halogens is 1. The van der Waals surface area contributed by atoms with Crippen LogP contribution in [0.4, 0.5) is 6.01 Å². The number of oxazole rings is 1. The van der Waals surface area contributed by atoms with E-state index in [0.717, 1.165) is 12.8 Å². The second-order valence-corrected chi connectivity index (χ2v) is 6.75. The molecule has 3 N–H and O–H groups in total. The van der Waals surface area contributed by atoms with Crippen molar-refractivity contribution in [3.8, 4) is 0 Å². The Morgan fingerprint density at radius 2 is 2.04 bits per heavy atom. The van der Waals surface area contributed by atoms with Gasteiger partial charge in [-0.3, -0.25) is 4.79 Å². The smallest absolute Gasteiger partial charge is 0.295 e. The third-order valence-electron chi connectivity index (χ3n) is 5.35. The summed E-state index contributed by atoms with van der Waals surface area (Å²) in [6.07, 6.45) is 6.08. The van der Waals surface area contributed by atoms with Crippen molar-refractivity contribution in [1.29, 1.82) is 0 Å². The average Bonchev–Trinajstić information content (AvgIpc) is 2.90. The minimum absolute atomic E-state index is 0. The molecule has 2 saturated heterocycles. The molecule has 2 fully saturated rings. The first kappa shape index (κ1) is 17.0. The van der Waals surface area contributed by atoms with Crippen molar-refractivity contribution in [3.63, 3.8) is 0 Å². The predicted octanol–water partition coefficient (Wildman–Crippen LogP) is 2.78. The Hall–Kier alpha value is -1.79. The number of para-hydroxylation sites is 1. The van der Waals surface area contributed by atoms with Crippen molar-refractivity contribution < 1.29 is 9.21 Å². The summed E-state index contributed by atoms with van der Waals surface area (Å²) in [6.45, 7) is 0. The maximum absolute atomic E-state index is 11.5. The van der Waals surface area contributed by atoms with Crippen LogP contribution in [-0.2, 0) is 0 Å². The van der Waals surface area contributed by atoms with Gasteiger partial charge in [0, 0.05) is 18.1 Å². The fraction of sp³-hybridized carbons (Fsp3) is 0.529. The van der Waals surface area contributed by atoms with E-state index >= 15 is 0 Å². The van der Waals surface area contributed by atoms with Crippen LogP contribution >= 0.6 is 12.4 Å². The summed E-state index contributed by atoms with van der Waals surface area (Å²) >= 11 is 0. The average molecular weight is 351 g/mol.